The molecular formula is C17H14N2. The molecule has 0 amide bonds. The number of aromatic nitrogens is 2. The van der Waals surface area contributed by atoms with E-state index in [9.17, 15) is 0 Å². The molecule has 0 N–H and O–H groups in total. The van der Waals surface area contributed by atoms with Crippen molar-refractivity contribution in [1.29, 1.82) is 0 Å². The van der Waals surface area contributed by atoms with Crippen molar-refractivity contribution in [3.8, 4) is 0 Å². The Morgan fingerprint density at radius 1 is 0.947 bits per heavy atom. The number of aryl methyl sites for hydroxylation is 2. The zero-order valence-corrected chi connectivity index (χ0v) is 11.0. The van der Waals surface area contributed by atoms with E-state index in [4.69, 9.17) is 0 Å². The number of imidazole rings is 1. The van der Waals surface area contributed by atoms with Crippen LogP contribution in [0.2, 0.25) is 0 Å². The summed E-state index contributed by atoms with van der Waals surface area (Å²) in [5.74, 6) is 0. The fourth-order valence-corrected chi connectivity index (χ4v) is 3.08. The molecule has 0 fully saturated rings. The Kier molecular flexibility index (Phi) is 1.99. The molecule has 0 unspecified atom stereocenters. The van der Waals surface area contributed by atoms with Crippen LogP contribution in [-0.4, -0.2) is 9.38 Å². The quantitative estimate of drug-likeness (QED) is 0.424. The largest absolute Gasteiger partial charge is 0.299 e. The molecule has 0 aliphatic carbocycles. The molecule has 0 bridgehead atoms. The van der Waals surface area contributed by atoms with Crippen molar-refractivity contribution in [3.05, 3.63) is 59.9 Å². The third-order valence-electron chi connectivity index (χ3n) is 3.78. The first-order chi connectivity index (χ1) is 9.25. The number of hydrogen-bond acceptors (Lipinski definition) is 1. The molecule has 2 heteroatoms. The van der Waals surface area contributed by atoms with Crippen LogP contribution in [0.5, 0.6) is 0 Å². The van der Waals surface area contributed by atoms with E-state index in [2.05, 4.69) is 59.6 Å². The first-order valence-electron chi connectivity index (χ1n) is 6.50. The molecule has 92 valence electrons. The monoisotopic (exact) mass is 246 g/mol. The van der Waals surface area contributed by atoms with Crippen LogP contribution < -0.4 is 0 Å². The molecule has 2 aromatic carbocycles. The average molecular weight is 246 g/mol. The Bertz CT molecular complexity index is 932. The van der Waals surface area contributed by atoms with Crippen LogP contribution in [-0.2, 0) is 0 Å². The molecule has 4 rings (SSSR count). The minimum atomic E-state index is 1.04. The summed E-state index contributed by atoms with van der Waals surface area (Å²) >= 11 is 0. The van der Waals surface area contributed by atoms with Crippen molar-refractivity contribution in [2.45, 2.75) is 13.8 Å². The Hall–Kier alpha value is -2.35. The van der Waals surface area contributed by atoms with Crippen LogP contribution in [0.1, 0.15) is 11.1 Å². The van der Waals surface area contributed by atoms with E-state index in [0.717, 1.165) is 5.65 Å². The van der Waals surface area contributed by atoms with E-state index in [1.165, 1.54) is 32.8 Å². The van der Waals surface area contributed by atoms with E-state index < -0.39 is 0 Å². The van der Waals surface area contributed by atoms with Crippen molar-refractivity contribution < 1.29 is 0 Å². The smallest absolute Gasteiger partial charge is 0.145 e. The van der Waals surface area contributed by atoms with Crippen LogP contribution in [0.4, 0.5) is 0 Å². The van der Waals surface area contributed by atoms with Gasteiger partial charge >= 0.3 is 0 Å². The van der Waals surface area contributed by atoms with E-state index in [1.54, 1.807) is 0 Å². The highest BCUT2D eigenvalue weighted by atomic mass is 15.0. The summed E-state index contributed by atoms with van der Waals surface area (Å²) < 4.78 is 2.20. The highest BCUT2D eigenvalue weighted by molar-refractivity contribution is 6.12. The third-order valence-corrected chi connectivity index (χ3v) is 3.78. The van der Waals surface area contributed by atoms with E-state index in [-0.39, 0.29) is 0 Å². The molecule has 2 aromatic heterocycles. The van der Waals surface area contributed by atoms with Gasteiger partial charge in [0.1, 0.15) is 5.65 Å². The van der Waals surface area contributed by atoms with Crippen LogP contribution in [0.25, 0.3) is 27.3 Å². The van der Waals surface area contributed by atoms with E-state index in [0.29, 0.717) is 0 Å². The lowest BCUT2D eigenvalue weighted by Gasteiger charge is -2.11. The van der Waals surface area contributed by atoms with Crippen LogP contribution in [0.3, 0.4) is 0 Å². The Morgan fingerprint density at radius 3 is 2.58 bits per heavy atom. The van der Waals surface area contributed by atoms with Crippen molar-refractivity contribution >= 4 is 27.3 Å². The lowest BCUT2D eigenvalue weighted by Crippen LogP contribution is -1.93. The SMILES string of the molecule is Cc1cc(C)c2c(c1)c1ccccc1c1nccn12. The van der Waals surface area contributed by atoms with Crippen molar-refractivity contribution in [3.63, 3.8) is 0 Å². The molecule has 0 saturated carbocycles. The van der Waals surface area contributed by atoms with Gasteiger partial charge in [-0.1, -0.05) is 35.9 Å². The van der Waals surface area contributed by atoms with Gasteiger partial charge in [0.05, 0.1) is 5.52 Å². The second-order valence-corrected chi connectivity index (χ2v) is 5.14. The van der Waals surface area contributed by atoms with E-state index in [1.807, 2.05) is 12.4 Å². The summed E-state index contributed by atoms with van der Waals surface area (Å²) in [6.45, 7) is 4.32. The van der Waals surface area contributed by atoms with E-state index >= 15 is 0 Å². The predicted octanol–water partition coefficient (Wildman–Crippen LogP) is 4.26. The molecule has 0 spiro atoms. The van der Waals surface area contributed by atoms with Gasteiger partial charge in [0.2, 0.25) is 0 Å². The normalized spacial score (nSPS) is 11.7. The maximum absolute atomic E-state index is 4.52. The highest BCUT2D eigenvalue weighted by Gasteiger charge is 2.10. The number of hydrogen-bond donors (Lipinski definition) is 0. The summed E-state index contributed by atoms with van der Waals surface area (Å²) in [5.41, 5.74) is 4.89. The number of rotatable bonds is 0. The minimum absolute atomic E-state index is 1.04. The van der Waals surface area contributed by atoms with Crippen molar-refractivity contribution in [2.24, 2.45) is 0 Å². The average Bonchev–Trinajstić information content (AvgIpc) is 2.87. The third kappa shape index (κ3) is 1.34. The topological polar surface area (TPSA) is 17.3 Å². The molecule has 2 nitrogen and oxygen atoms in total. The predicted molar refractivity (Wildman–Crippen MR) is 79.7 cm³/mol. The van der Waals surface area contributed by atoms with Gasteiger partial charge in [-0.15, -0.1) is 0 Å². The molecule has 0 atom stereocenters. The van der Waals surface area contributed by atoms with Gasteiger partial charge in [-0.2, -0.15) is 0 Å². The molecule has 2 heterocycles. The van der Waals surface area contributed by atoms with Gasteiger partial charge in [-0.3, -0.25) is 4.40 Å². The second-order valence-electron chi connectivity index (χ2n) is 5.14. The standard InChI is InChI=1S/C17H14N2/c1-11-9-12(2)16-15(10-11)13-5-3-4-6-14(13)17-18-7-8-19(16)17/h3-10H,1-2H3. The molecular weight excluding hydrogens is 232 g/mol. The highest BCUT2D eigenvalue weighted by Crippen LogP contribution is 2.31. The Labute approximate surface area is 111 Å². The van der Waals surface area contributed by atoms with Crippen molar-refractivity contribution in [2.75, 3.05) is 0 Å². The van der Waals surface area contributed by atoms with Gasteiger partial charge in [0, 0.05) is 23.2 Å². The summed E-state index contributed by atoms with van der Waals surface area (Å²) in [6.07, 6.45) is 3.92. The second kappa shape index (κ2) is 3.58. The number of pyridine rings is 1. The zero-order chi connectivity index (χ0) is 13.0. The fraction of sp³-hybridized carbons (Fsp3) is 0.118. The van der Waals surface area contributed by atoms with Gasteiger partial charge in [0.25, 0.3) is 0 Å². The Balaban J connectivity index is 2.46. The summed E-state index contributed by atoms with van der Waals surface area (Å²) in [7, 11) is 0. The van der Waals surface area contributed by atoms with Gasteiger partial charge in [0.15, 0.2) is 0 Å². The maximum atomic E-state index is 4.52. The minimum Gasteiger partial charge on any atom is -0.299 e. The Morgan fingerprint density at radius 2 is 1.74 bits per heavy atom. The first-order valence-corrected chi connectivity index (χ1v) is 6.50. The van der Waals surface area contributed by atoms with Gasteiger partial charge < -0.3 is 0 Å². The lowest BCUT2D eigenvalue weighted by molar-refractivity contribution is 1.24. The maximum Gasteiger partial charge on any atom is 0.145 e. The molecule has 19 heavy (non-hydrogen) atoms. The number of fused-ring (bicyclic) bond motifs is 6. The number of nitrogens with zero attached hydrogens (tertiary/aromatic N) is 2. The number of benzene rings is 2. The van der Waals surface area contributed by atoms with Crippen molar-refractivity contribution in [1.82, 2.24) is 9.38 Å². The molecule has 4 aromatic rings. The van der Waals surface area contributed by atoms with Crippen LogP contribution in [0, 0.1) is 13.8 Å². The van der Waals surface area contributed by atoms with Crippen LogP contribution >= 0.6 is 0 Å². The van der Waals surface area contributed by atoms with Gasteiger partial charge in [-0.05, 0) is 30.9 Å². The molecule has 0 radical (unpaired) electrons. The van der Waals surface area contributed by atoms with Crippen LogP contribution in [0.15, 0.2) is 48.8 Å². The van der Waals surface area contributed by atoms with Gasteiger partial charge in [-0.25, -0.2) is 4.98 Å². The molecule has 0 aliphatic heterocycles. The fourth-order valence-electron chi connectivity index (χ4n) is 3.08. The summed E-state index contributed by atoms with van der Waals surface area (Å²) in [5, 5.41) is 3.80. The summed E-state index contributed by atoms with van der Waals surface area (Å²) in [4.78, 5) is 4.52. The zero-order valence-electron chi connectivity index (χ0n) is 11.0. The summed E-state index contributed by atoms with van der Waals surface area (Å²) in [6, 6.07) is 13.0. The first kappa shape index (κ1) is 10.6. The molecule has 0 saturated heterocycles. The lowest BCUT2D eigenvalue weighted by atomic mass is 10.0. The molecule has 0 aliphatic rings.